The number of nitrogens with two attached hydrogens (primary N) is 1. The van der Waals surface area contributed by atoms with Crippen LogP contribution in [0, 0.1) is 5.92 Å². The average Bonchev–Trinajstić information content (AvgIpc) is 2.91. The first-order chi connectivity index (χ1) is 8.83. The predicted octanol–water partition coefficient (Wildman–Crippen LogP) is 2.08. The van der Waals surface area contributed by atoms with Gasteiger partial charge >= 0.3 is 0 Å². The maximum atomic E-state index is 6.34. The molecule has 3 rings (SSSR count). The average molecular weight is 241 g/mol. The zero-order chi connectivity index (χ0) is 12.4. The maximum Gasteiger partial charge on any atom is 0.107 e. The summed E-state index contributed by atoms with van der Waals surface area (Å²) in [5, 5.41) is 0. The molecule has 2 atom stereocenters. The van der Waals surface area contributed by atoms with Crippen molar-refractivity contribution in [3.05, 3.63) is 53.6 Å². The molecule has 0 saturated heterocycles. The highest BCUT2D eigenvalue weighted by Gasteiger charge is 2.24. The number of fused-ring (bicyclic) bond motifs is 1. The maximum absolute atomic E-state index is 6.34. The van der Waals surface area contributed by atoms with Crippen LogP contribution in [-0.2, 0) is 19.3 Å². The highest BCUT2D eigenvalue weighted by molar-refractivity contribution is 5.30. The predicted molar refractivity (Wildman–Crippen MR) is 72.2 cm³/mol. The van der Waals surface area contributed by atoms with Crippen LogP contribution in [0.25, 0.3) is 0 Å². The molecule has 0 saturated carbocycles. The molecule has 2 unspecified atom stereocenters. The van der Waals surface area contributed by atoms with E-state index < -0.39 is 0 Å². The third-order valence-corrected chi connectivity index (χ3v) is 3.97. The van der Waals surface area contributed by atoms with Crippen molar-refractivity contribution in [3.63, 3.8) is 0 Å². The van der Waals surface area contributed by atoms with E-state index in [4.69, 9.17) is 5.73 Å². The first-order valence-corrected chi connectivity index (χ1v) is 6.63. The molecule has 3 heteroatoms. The summed E-state index contributed by atoms with van der Waals surface area (Å²) < 4.78 is 0. The topological polar surface area (TPSA) is 54.7 Å². The molecular weight excluding hydrogens is 222 g/mol. The van der Waals surface area contributed by atoms with Gasteiger partial charge in [-0.2, -0.15) is 0 Å². The Bertz CT molecular complexity index is 504. The minimum Gasteiger partial charge on any atom is -0.349 e. The molecule has 3 nitrogen and oxygen atoms in total. The molecule has 0 spiro atoms. The van der Waals surface area contributed by atoms with Gasteiger partial charge in [-0.05, 0) is 36.3 Å². The van der Waals surface area contributed by atoms with E-state index in [1.54, 1.807) is 6.20 Å². The van der Waals surface area contributed by atoms with Crippen molar-refractivity contribution < 1.29 is 0 Å². The minimum atomic E-state index is 0.199. The summed E-state index contributed by atoms with van der Waals surface area (Å²) in [6, 6.07) is 8.93. The van der Waals surface area contributed by atoms with Gasteiger partial charge in [-0.1, -0.05) is 24.3 Å². The van der Waals surface area contributed by atoms with Gasteiger partial charge in [0.2, 0.25) is 0 Å². The van der Waals surface area contributed by atoms with Crippen LogP contribution in [0.15, 0.2) is 36.7 Å². The van der Waals surface area contributed by atoms with Gasteiger partial charge in [-0.3, -0.25) is 0 Å². The van der Waals surface area contributed by atoms with Crippen molar-refractivity contribution in [3.8, 4) is 0 Å². The molecule has 0 aliphatic heterocycles. The SMILES string of the molecule is NC(Cc1ncc[nH]1)C1CCc2ccccc2C1. The molecule has 1 aromatic carbocycles. The Hall–Kier alpha value is -1.61. The highest BCUT2D eigenvalue weighted by atomic mass is 14.9. The number of nitrogens with zero attached hydrogens (tertiary/aromatic N) is 1. The normalized spacial score (nSPS) is 20.4. The number of rotatable bonds is 3. The van der Waals surface area contributed by atoms with Crippen molar-refractivity contribution >= 4 is 0 Å². The molecule has 0 bridgehead atoms. The number of H-pyrrole nitrogens is 1. The smallest absolute Gasteiger partial charge is 0.107 e. The Kier molecular flexibility index (Phi) is 3.15. The lowest BCUT2D eigenvalue weighted by Gasteiger charge is -2.29. The van der Waals surface area contributed by atoms with Gasteiger partial charge < -0.3 is 10.7 Å². The van der Waals surface area contributed by atoms with Crippen molar-refractivity contribution in [1.29, 1.82) is 0 Å². The molecule has 18 heavy (non-hydrogen) atoms. The molecule has 0 amide bonds. The molecule has 1 aromatic heterocycles. The summed E-state index contributed by atoms with van der Waals surface area (Å²) in [5.41, 5.74) is 9.31. The molecule has 3 N–H and O–H groups in total. The Morgan fingerprint density at radius 1 is 1.33 bits per heavy atom. The second kappa shape index (κ2) is 4.94. The number of benzene rings is 1. The molecule has 1 aliphatic rings. The van der Waals surface area contributed by atoms with E-state index in [-0.39, 0.29) is 6.04 Å². The van der Waals surface area contributed by atoms with Gasteiger partial charge in [0.15, 0.2) is 0 Å². The Morgan fingerprint density at radius 2 is 2.17 bits per heavy atom. The molecule has 94 valence electrons. The number of hydrogen-bond acceptors (Lipinski definition) is 2. The summed E-state index contributed by atoms with van der Waals surface area (Å²) >= 11 is 0. The lowest BCUT2D eigenvalue weighted by atomic mass is 9.79. The van der Waals surface area contributed by atoms with Crippen molar-refractivity contribution in [2.45, 2.75) is 31.7 Å². The van der Waals surface area contributed by atoms with E-state index in [0.717, 1.165) is 25.1 Å². The number of nitrogens with one attached hydrogen (secondary N) is 1. The van der Waals surface area contributed by atoms with Gasteiger partial charge in [0.1, 0.15) is 5.82 Å². The van der Waals surface area contributed by atoms with Crippen LogP contribution < -0.4 is 5.73 Å². The van der Waals surface area contributed by atoms with E-state index in [9.17, 15) is 0 Å². The molecular formula is C15H19N3. The van der Waals surface area contributed by atoms with E-state index in [2.05, 4.69) is 34.2 Å². The van der Waals surface area contributed by atoms with Crippen LogP contribution in [0.3, 0.4) is 0 Å². The van der Waals surface area contributed by atoms with Gasteiger partial charge in [0.25, 0.3) is 0 Å². The Balaban J connectivity index is 1.68. The Labute approximate surface area is 107 Å². The lowest BCUT2D eigenvalue weighted by molar-refractivity contribution is 0.369. The van der Waals surface area contributed by atoms with Crippen LogP contribution in [0.2, 0.25) is 0 Å². The minimum absolute atomic E-state index is 0.199. The van der Waals surface area contributed by atoms with Gasteiger partial charge in [-0.15, -0.1) is 0 Å². The van der Waals surface area contributed by atoms with Crippen molar-refractivity contribution in [2.24, 2.45) is 11.7 Å². The second-order valence-corrected chi connectivity index (χ2v) is 5.18. The Morgan fingerprint density at radius 3 is 2.94 bits per heavy atom. The van der Waals surface area contributed by atoms with Crippen LogP contribution in [0.4, 0.5) is 0 Å². The zero-order valence-electron chi connectivity index (χ0n) is 10.5. The fraction of sp³-hybridized carbons (Fsp3) is 0.400. The summed E-state index contributed by atoms with van der Waals surface area (Å²) in [6.07, 6.45) is 7.96. The van der Waals surface area contributed by atoms with E-state index in [0.29, 0.717) is 5.92 Å². The number of aryl methyl sites for hydroxylation is 1. The second-order valence-electron chi connectivity index (χ2n) is 5.18. The largest absolute Gasteiger partial charge is 0.349 e. The van der Waals surface area contributed by atoms with E-state index >= 15 is 0 Å². The fourth-order valence-electron chi connectivity index (χ4n) is 2.89. The summed E-state index contributed by atoms with van der Waals surface area (Å²) in [4.78, 5) is 7.39. The zero-order valence-corrected chi connectivity index (χ0v) is 10.5. The van der Waals surface area contributed by atoms with Gasteiger partial charge in [0.05, 0.1) is 0 Å². The number of hydrogen-bond donors (Lipinski definition) is 2. The van der Waals surface area contributed by atoms with E-state index in [1.807, 2.05) is 6.20 Å². The molecule has 0 fully saturated rings. The first kappa shape index (κ1) is 11.5. The van der Waals surface area contributed by atoms with E-state index in [1.165, 1.54) is 17.5 Å². The van der Waals surface area contributed by atoms with Crippen molar-refractivity contribution in [2.75, 3.05) is 0 Å². The van der Waals surface area contributed by atoms with Crippen LogP contribution in [0.5, 0.6) is 0 Å². The number of imidazole rings is 1. The lowest BCUT2D eigenvalue weighted by Crippen LogP contribution is -2.36. The third kappa shape index (κ3) is 2.31. The molecule has 0 radical (unpaired) electrons. The number of aromatic nitrogens is 2. The standard InChI is InChI=1S/C15H19N3/c16-14(10-15-17-7-8-18-15)13-6-5-11-3-1-2-4-12(11)9-13/h1-4,7-8,13-14H,5-6,9-10,16H2,(H,17,18). The summed E-state index contributed by atoms with van der Waals surface area (Å²) in [7, 11) is 0. The monoisotopic (exact) mass is 241 g/mol. The highest BCUT2D eigenvalue weighted by Crippen LogP contribution is 2.27. The fourth-order valence-corrected chi connectivity index (χ4v) is 2.89. The summed E-state index contributed by atoms with van der Waals surface area (Å²) in [5.74, 6) is 1.58. The van der Waals surface area contributed by atoms with Crippen LogP contribution in [0.1, 0.15) is 23.4 Å². The van der Waals surface area contributed by atoms with Crippen LogP contribution in [-0.4, -0.2) is 16.0 Å². The van der Waals surface area contributed by atoms with Crippen molar-refractivity contribution in [1.82, 2.24) is 9.97 Å². The quantitative estimate of drug-likeness (QED) is 0.864. The van der Waals surface area contributed by atoms with Gasteiger partial charge in [-0.25, -0.2) is 4.98 Å². The van der Waals surface area contributed by atoms with Crippen LogP contribution >= 0.6 is 0 Å². The first-order valence-electron chi connectivity index (χ1n) is 6.63. The molecule has 1 heterocycles. The molecule has 2 aromatic rings. The summed E-state index contributed by atoms with van der Waals surface area (Å²) in [6.45, 7) is 0. The number of aromatic amines is 1. The molecule has 1 aliphatic carbocycles. The van der Waals surface area contributed by atoms with Gasteiger partial charge in [0, 0.05) is 24.9 Å². The third-order valence-electron chi connectivity index (χ3n) is 3.97.